The Hall–Kier alpha value is -3.19. The van der Waals surface area contributed by atoms with Crippen molar-refractivity contribution in [1.82, 2.24) is 0 Å². The minimum absolute atomic E-state index is 0.0325. The number of anilines is 1. The van der Waals surface area contributed by atoms with Crippen LogP contribution in [0.25, 0.3) is 12.2 Å². The molecule has 1 aliphatic heterocycles. The Morgan fingerprint density at radius 3 is 2.48 bits per heavy atom. The van der Waals surface area contributed by atoms with E-state index in [1.54, 1.807) is 20.3 Å². The second kappa shape index (κ2) is 8.87. The maximum absolute atomic E-state index is 12.3. The van der Waals surface area contributed by atoms with Crippen molar-refractivity contribution in [2.45, 2.75) is 19.9 Å². The Bertz CT molecular complexity index is 924. The summed E-state index contributed by atoms with van der Waals surface area (Å²) in [6.07, 6.45) is 3.85. The van der Waals surface area contributed by atoms with Crippen molar-refractivity contribution in [2.24, 2.45) is 11.7 Å². The van der Waals surface area contributed by atoms with Crippen molar-refractivity contribution < 1.29 is 23.7 Å². The lowest BCUT2D eigenvalue weighted by molar-refractivity contribution is -0.118. The molecule has 3 N–H and O–H groups in total. The number of nitrogens with two attached hydrogens (primary N) is 1. The summed E-state index contributed by atoms with van der Waals surface area (Å²) in [5.41, 5.74) is 8.29. The van der Waals surface area contributed by atoms with Gasteiger partial charge in [-0.15, -0.1) is 0 Å². The van der Waals surface area contributed by atoms with E-state index in [1.165, 1.54) is 0 Å². The van der Waals surface area contributed by atoms with E-state index in [9.17, 15) is 4.79 Å². The van der Waals surface area contributed by atoms with E-state index in [0.29, 0.717) is 28.7 Å². The minimum atomic E-state index is -0.597. The number of amides is 1. The number of methoxy groups -OCH3 is 2. The van der Waals surface area contributed by atoms with Gasteiger partial charge in [0.2, 0.25) is 18.4 Å². The lowest BCUT2D eigenvalue weighted by Crippen LogP contribution is -2.39. The third-order valence-electron chi connectivity index (χ3n) is 4.65. The highest BCUT2D eigenvalue weighted by molar-refractivity contribution is 5.96. The molecule has 2 aromatic carbocycles. The smallest absolute Gasteiger partial charge is 0.241 e. The molecule has 7 heteroatoms. The number of hydrogen-bond acceptors (Lipinski definition) is 6. The van der Waals surface area contributed by atoms with E-state index in [1.807, 2.05) is 50.3 Å². The molecule has 154 valence electrons. The molecule has 0 unspecified atom stereocenters. The van der Waals surface area contributed by atoms with Crippen molar-refractivity contribution in [3.05, 3.63) is 41.5 Å². The highest BCUT2D eigenvalue weighted by atomic mass is 16.7. The Kier molecular flexibility index (Phi) is 6.29. The average Bonchev–Trinajstić information content (AvgIpc) is 3.19. The molecule has 0 spiro atoms. The zero-order chi connectivity index (χ0) is 21.0. The van der Waals surface area contributed by atoms with Crippen LogP contribution in [-0.4, -0.2) is 33.0 Å². The Morgan fingerprint density at radius 1 is 1.07 bits per heavy atom. The largest absolute Gasteiger partial charge is 0.495 e. The van der Waals surface area contributed by atoms with E-state index < -0.39 is 6.04 Å². The standard InChI is InChI=1S/C22H26N2O5/c1-13(2)20(23)22(25)24-16-9-14(7-8-17(16)26-3)5-6-15-10-18(27-4)21-19(11-15)28-12-29-21/h5-11,13,20H,12,23H2,1-4H3,(H,24,25)/b6-5-/t20-/m0/s1. The average molecular weight is 398 g/mol. The van der Waals surface area contributed by atoms with Crippen LogP contribution in [0.3, 0.4) is 0 Å². The third-order valence-corrected chi connectivity index (χ3v) is 4.65. The summed E-state index contributed by atoms with van der Waals surface area (Å²) in [5, 5.41) is 2.85. The van der Waals surface area contributed by atoms with E-state index in [-0.39, 0.29) is 18.6 Å². The summed E-state index contributed by atoms with van der Waals surface area (Å²) in [7, 11) is 3.15. The van der Waals surface area contributed by atoms with E-state index in [0.717, 1.165) is 11.1 Å². The van der Waals surface area contributed by atoms with Gasteiger partial charge in [-0.25, -0.2) is 0 Å². The zero-order valence-electron chi connectivity index (χ0n) is 17.0. The van der Waals surface area contributed by atoms with Crippen molar-refractivity contribution in [3.8, 4) is 23.0 Å². The predicted octanol–water partition coefficient (Wildman–Crippen LogP) is 3.52. The first kappa shape index (κ1) is 20.5. The van der Waals surface area contributed by atoms with Gasteiger partial charge in [0.1, 0.15) is 5.75 Å². The second-order valence-electron chi connectivity index (χ2n) is 7.01. The molecule has 0 saturated heterocycles. The number of ether oxygens (including phenoxy) is 4. The van der Waals surface area contributed by atoms with Gasteiger partial charge in [0.05, 0.1) is 25.9 Å². The third kappa shape index (κ3) is 4.63. The van der Waals surface area contributed by atoms with Gasteiger partial charge in [0.25, 0.3) is 0 Å². The lowest BCUT2D eigenvalue weighted by Gasteiger charge is -2.17. The van der Waals surface area contributed by atoms with E-state index in [2.05, 4.69) is 5.32 Å². The molecule has 0 radical (unpaired) electrons. The number of hydrogen-bond donors (Lipinski definition) is 2. The molecule has 1 aliphatic rings. The molecule has 2 aromatic rings. The van der Waals surface area contributed by atoms with Crippen LogP contribution in [0.1, 0.15) is 25.0 Å². The Balaban J connectivity index is 1.84. The molecule has 0 aliphatic carbocycles. The van der Waals surface area contributed by atoms with Gasteiger partial charge < -0.3 is 30.0 Å². The second-order valence-corrected chi connectivity index (χ2v) is 7.01. The fourth-order valence-electron chi connectivity index (χ4n) is 2.88. The molecular weight excluding hydrogens is 372 g/mol. The van der Waals surface area contributed by atoms with Gasteiger partial charge in [0, 0.05) is 0 Å². The van der Waals surface area contributed by atoms with Gasteiger partial charge in [0.15, 0.2) is 11.5 Å². The van der Waals surface area contributed by atoms with Gasteiger partial charge in [-0.05, 0) is 41.3 Å². The van der Waals surface area contributed by atoms with Crippen LogP contribution >= 0.6 is 0 Å². The molecule has 29 heavy (non-hydrogen) atoms. The number of carbonyl (C=O) groups is 1. The summed E-state index contributed by atoms with van der Waals surface area (Å²) >= 11 is 0. The van der Waals surface area contributed by atoms with Crippen molar-refractivity contribution in [2.75, 3.05) is 26.3 Å². The van der Waals surface area contributed by atoms with Crippen molar-refractivity contribution in [1.29, 1.82) is 0 Å². The van der Waals surface area contributed by atoms with Gasteiger partial charge in [-0.3, -0.25) is 4.79 Å². The van der Waals surface area contributed by atoms with Crippen LogP contribution in [0.15, 0.2) is 30.3 Å². The number of carbonyl (C=O) groups excluding carboxylic acids is 1. The molecule has 0 aromatic heterocycles. The predicted molar refractivity (Wildman–Crippen MR) is 112 cm³/mol. The SMILES string of the molecule is COc1ccc(/C=C\c2cc(OC)c3c(c2)OCO3)cc1NC(=O)[C@@H](N)C(C)C. The maximum Gasteiger partial charge on any atom is 0.241 e. The van der Waals surface area contributed by atoms with Crippen LogP contribution < -0.4 is 30.0 Å². The first-order valence-electron chi connectivity index (χ1n) is 9.33. The van der Waals surface area contributed by atoms with E-state index in [4.69, 9.17) is 24.7 Å². The van der Waals surface area contributed by atoms with Crippen LogP contribution in [-0.2, 0) is 4.79 Å². The maximum atomic E-state index is 12.3. The van der Waals surface area contributed by atoms with Gasteiger partial charge in [-0.1, -0.05) is 32.1 Å². The first-order valence-corrected chi connectivity index (χ1v) is 9.33. The fourth-order valence-corrected chi connectivity index (χ4v) is 2.88. The molecule has 1 amide bonds. The Labute approximate surface area is 170 Å². The number of nitrogens with one attached hydrogen (secondary N) is 1. The summed E-state index contributed by atoms with van der Waals surface area (Å²) in [4.78, 5) is 12.3. The van der Waals surface area contributed by atoms with Crippen LogP contribution in [0, 0.1) is 5.92 Å². The molecule has 1 atom stereocenters. The normalized spacial score (nSPS) is 13.6. The number of rotatable bonds is 7. The molecular formula is C22H26N2O5. The monoisotopic (exact) mass is 398 g/mol. The van der Waals surface area contributed by atoms with Gasteiger partial charge >= 0.3 is 0 Å². The van der Waals surface area contributed by atoms with Crippen LogP contribution in [0.5, 0.6) is 23.0 Å². The summed E-state index contributed by atoms with van der Waals surface area (Å²) in [5.74, 6) is 2.22. The summed E-state index contributed by atoms with van der Waals surface area (Å²) in [6, 6.07) is 8.70. The molecule has 3 rings (SSSR count). The fraction of sp³-hybridized carbons (Fsp3) is 0.318. The first-order chi connectivity index (χ1) is 13.9. The quantitative estimate of drug-likeness (QED) is 0.694. The van der Waals surface area contributed by atoms with Crippen molar-refractivity contribution in [3.63, 3.8) is 0 Å². The molecule has 0 saturated carbocycles. The lowest BCUT2D eigenvalue weighted by atomic mass is 10.0. The molecule has 0 bridgehead atoms. The van der Waals surface area contributed by atoms with Gasteiger partial charge in [-0.2, -0.15) is 0 Å². The summed E-state index contributed by atoms with van der Waals surface area (Å²) in [6.45, 7) is 3.99. The van der Waals surface area contributed by atoms with Crippen molar-refractivity contribution >= 4 is 23.7 Å². The molecule has 7 nitrogen and oxygen atoms in total. The highest BCUT2D eigenvalue weighted by Gasteiger charge is 2.20. The highest BCUT2D eigenvalue weighted by Crippen LogP contribution is 2.42. The molecule has 0 fully saturated rings. The number of fused-ring (bicyclic) bond motifs is 1. The van der Waals surface area contributed by atoms with Crippen LogP contribution in [0.4, 0.5) is 5.69 Å². The minimum Gasteiger partial charge on any atom is -0.495 e. The Morgan fingerprint density at radius 2 is 1.79 bits per heavy atom. The molecule has 1 heterocycles. The number of benzene rings is 2. The zero-order valence-corrected chi connectivity index (χ0v) is 17.0. The topological polar surface area (TPSA) is 92.0 Å². The van der Waals surface area contributed by atoms with Crippen LogP contribution in [0.2, 0.25) is 0 Å². The summed E-state index contributed by atoms with van der Waals surface area (Å²) < 4.78 is 21.6. The van der Waals surface area contributed by atoms with E-state index >= 15 is 0 Å².